The Morgan fingerprint density at radius 2 is 1.78 bits per heavy atom. The van der Waals surface area contributed by atoms with E-state index in [1.807, 2.05) is 12.1 Å². The first-order chi connectivity index (χ1) is 17.9. The van der Waals surface area contributed by atoms with Crippen LogP contribution < -0.4 is 5.32 Å². The molecule has 1 saturated heterocycles. The van der Waals surface area contributed by atoms with Gasteiger partial charge in [0.25, 0.3) is 11.8 Å². The highest BCUT2D eigenvalue weighted by Crippen LogP contribution is 2.35. The molecular formula is C31H37FN2O3. The summed E-state index contributed by atoms with van der Waals surface area (Å²) in [4.78, 5) is 28.2. The molecule has 5 unspecified atom stereocenters. The molecule has 3 fully saturated rings. The van der Waals surface area contributed by atoms with Gasteiger partial charge in [-0.1, -0.05) is 63.4 Å². The summed E-state index contributed by atoms with van der Waals surface area (Å²) in [7, 11) is 0. The van der Waals surface area contributed by atoms with Crippen LogP contribution in [0.2, 0.25) is 0 Å². The van der Waals surface area contributed by atoms with Gasteiger partial charge in [-0.05, 0) is 67.4 Å². The Bertz CT molecular complexity index is 1160. The summed E-state index contributed by atoms with van der Waals surface area (Å²) < 4.78 is 20.6. The molecule has 0 aromatic heterocycles. The molecule has 5 atom stereocenters. The Morgan fingerprint density at radius 1 is 1.03 bits per heavy atom. The van der Waals surface area contributed by atoms with E-state index in [1.165, 1.54) is 12.5 Å². The number of hydrogen-bond donors (Lipinski definition) is 1. The van der Waals surface area contributed by atoms with Gasteiger partial charge < -0.3 is 15.0 Å². The van der Waals surface area contributed by atoms with Crippen molar-refractivity contribution in [1.82, 2.24) is 10.2 Å². The number of halogens is 1. The van der Waals surface area contributed by atoms with E-state index >= 15 is 0 Å². The van der Waals surface area contributed by atoms with Crippen LogP contribution in [0, 0.1) is 17.7 Å². The van der Waals surface area contributed by atoms with Gasteiger partial charge in [0.1, 0.15) is 11.9 Å². The molecule has 2 saturated carbocycles. The van der Waals surface area contributed by atoms with Crippen molar-refractivity contribution in [2.24, 2.45) is 11.8 Å². The molecule has 5 rings (SSSR count). The van der Waals surface area contributed by atoms with Crippen molar-refractivity contribution in [3.05, 3.63) is 76.8 Å². The highest BCUT2D eigenvalue weighted by Gasteiger charge is 2.41. The van der Waals surface area contributed by atoms with E-state index in [4.69, 9.17) is 4.74 Å². The van der Waals surface area contributed by atoms with Crippen LogP contribution in [-0.2, 0) is 16.1 Å². The second-order valence-corrected chi connectivity index (χ2v) is 11.0. The number of morpholine rings is 1. The van der Waals surface area contributed by atoms with Crippen LogP contribution in [0.4, 0.5) is 4.39 Å². The van der Waals surface area contributed by atoms with Gasteiger partial charge in [0, 0.05) is 23.7 Å². The average molecular weight is 505 g/mol. The monoisotopic (exact) mass is 504 g/mol. The topological polar surface area (TPSA) is 58.6 Å². The van der Waals surface area contributed by atoms with E-state index in [0.717, 1.165) is 44.1 Å². The summed E-state index contributed by atoms with van der Waals surface area (Å²) in [6.45, 7) is 4.70. The highest BCUT2D eigenvalue weighted by atomic mass is 19.1. The van der Waals surface area contributed by atoms with Gasteiger partial charge in [-0.2, -0.15) is 0 Å². The predicted octanol–water partition coefficient (Wildman–Crippen LogP) is 6.09. The first-order valence-corrected chi connectivity index (χ1v) is 13.7. The number of rotatable bonds is 5. The Labute approximate surface area is 219 Å². The van der Waals surface area contributed by atoms with Crippen LogP contribution in [0.5, 0.6) is 0 Å². The maximum Gasteiger partial charge on any atom is 0.289 e. The maximum atomic E-state index is 14.4. The zero-order chi connectivity index (χ0) is 25.9. The van der Waals surface area contributed by atoms with Crippen molar-refractivity contribution in [3.63, 3.8) is 0 Å². The zero-order valence-corrected chi connectivity index (χ0v) is 21.8. The van der Waals surface area contributed by atoms with E-state index in [1.54, 1.807) is 41.3 Å². The minimum absolute atomic E-state index is 0.0472. The Kier molecular flexibility index (Phi) is 7.63. The van der Waals surface area contributed by atoms with Gasteiger partial charge in [-0.25, -0.2) is 4.39 Å². The second-order valence-electron chi connectivity index (χ2n) is 11.0. The number of carbonyl (C=O) groups excluding carboxylic acids is 2. The largest absolute Gasteiger partial charge is 0.482 e. The molecule has 1 aliphatic heterocycles. The SMILES string of the molecule is CC1CCCC(NC(=O)c2ccc(/C=C3\OC4CCCCC4N(Cc4ccccc4F)C3=O)cc2)C1C. The van der Waals surface area contributed by atoms with Crippen molar-refractivity contribution in [2.45, 2.75) is 83.5 Å². The van der Waals surface area contributed by atoms with E-state index in [0.29, 0.717) is 23.0 Å². The summed E-state index contributed by atoms with van der Waals surface area (Å²) in [6, 6.07) is 14.1. The number of amides is 2. The summed E-state index contributed by atoms with van der Waals surface area (Å²) >= 11 is 0. The molecule has 0 radical (unpaired) electrons. The number of nitrogens with zero attached hydrogens (tertiary/aromatic N) is 1. The van der Waals surface area contributed by atoms with Gasteiger partial charge in [-0.15, -0.1) is 0 Å². The molecule has 1 heterocycles. The van der Waals surface area contributed by atoms with Crippen LogP contribution in [-0.4, -0.2) is 34.9 Å². The summed E-state index contributed by atoms with van der Waals surface area (Å²) in [5, 5.41) is 3.22. The minimum atomic E-state index is -0.300. The maximum absolute atomic E-state index is 14.4. The van der Waals surface area contributed by atoms with E-state index < -0.39 is 0 Å². The number of fused-ring (bicyclic) bond motifs is 1. The lowest BCUT2D eigenvalue weighted by atomic mass is 9.78. The lowest BCUT2D eigenvalue weighted by molar-refractivity contribution is -0.149. The summed E-state index contributed by atoms with van der Waals surface area (Å²) in [6.07, 6.45) is 8.87. The third-order valence-corrected chi connectivity index (χ3v) is 8.61. The molecule has 2 amide bonds. The van der Waals surface area contributed by atoms with Crippen LogP contribution in [0.1, 0.15) is 80.3 Å². The number of benzene rings is 2. The predicted molar refractivity (Wildman–Crippen MR) is 142 cm³/mol. The molecule has 2 aromatic rings. The van der Waals surface area contributed by atoms with Crippen molar-refractivity contribution < 1.29 is 18.7 Å². The molecule has 5 nitrogen and oxygen atoms in total. The summed E-state index contributed by atoms with van der Waals surface area (Å²) in [5.41, 5.74) is 1.91. The third-order valence-electron chi connectivity index (χ3n) is 8.61. The Balaban J connectivity index is 1.32. The Hall–Kier alpha value is -3.15. The lowest BCUT2D eigenvalue weighted by Crippen LogP contribution is -2.54. The first kappa shape index (κ1) is 25.5. The molecular weight excluding hydrogens is 467 g/mol. The zero-order valence-electron chi connectivity index (χ0n) is 21.8. The van der Waals surface area contributed by atoms with Crippen LogP contribution in [0.15, 0.2) is 54.3 Å². The number of ether oxygens (including phenoxy) is 1. The summed E-state index contributed by atoms with van der Waals surface area (Å²) in [5.74, 6) is 0.784. The third kappa shape index (κ3) is 5.58. The average Bonchev–Trinajstić information content (AvgIpc) is 2.90. The molecule has 2 aromatic carbocycles. The molecule has 1 N–H and O–H groups in total. The lowest BCUT2D eigenvalue weighted by Gasteiger charge is -2.44. The van der Waals surface area contributed by atoms with Gasteiger partial charge in [0.2, 0.25) is 0 Å². The van der Waals surface area contributed by atoms with Crippen molar-refractivity contribution in [1.29, 1.82) is 0 Å². The quantitative estimate of drug-likeness (QED) is 0.501. The van der Waals surface area contributed by atoms with Crippen LogP contribution in [0.25, 0.3) is 6.08 Å². The first-order valence-electron chi connectivity index (χ1n) is 13.7. The molecule has 0 spiro atoms. The smallest absolute Gasteiger partial charge is 0.289 e. The second kappa shape index (κ2) is 11.1. The van der Waals surface area contributed by atoms with Gasteiger partial charge >= 0.3 is 0 Å². The van der Waals surface area contributed by atoms with Crippen molar-refractivity contribution in [3.8, 4) is 0 Å². The van der Waals surface area contributed by atoms with E-state index in [9.17, 15) is 14.0 Å². The highest BCUT2D eigenvalue weighted by molar-refractivity contribution is 5.97. The standard InChI is InChI=1S/C31H37FN2O3/c1-20-8-7-11-26(21(20)2)33-30(35)23-16-14-22(15-17-23)18-29-31(36)34(19-24-9-3-4-10-25(24)32)27-12-5-6-13-28(27)37-29/h3-4,9-10,14-18,20-21,26-28H,5-8,11-13,19H2,1-2H3,(H,33,35)/b29-18-. The fourth-order valence-corrected chi connectivity index (χ4v) is 6.09. The molecule has 2 aliphatic carbocycles. The molecule has 6 heteroatoms. The Morgan fingerprint density at radius 3 is 2.57 bits per heavy atom. The van der Waals surface area contributed by atoms with E-state index in [2.05, 4.69) is 19.2 Å². The van der Waals surface area contributed by atoms with Gasteiger partial charge in [0.05, 0.1) is 6.04 Å². The molecule has 37 heavy (non-hydrogen) atoms. The molecule has 3 aliphatic rings. The van der Waals surface area contributed by atoms with Gasteiger partial charge in [0.15, 0.2) is 5.76 Å². The molecule has 196 valence electrons. The fraction of sp³-hybridized carbons (Fsp3) is 0.484. The number of carbonyl (C=O) groups is 2. The molecule has 0 bridgehead atoms. The van der Waals surface area contributed by atoms with Crippen LogP contribution >= 0.6 is 0 Å². The minimum Gasteiger partial charge on any atom is -0.482 e. The van der Waals surface area contributed by atoms with E-state index in [-0.39, 0.29) is 48.1 Å². The fourth-order valence-electron chi connectivity index (χ4n) is 6.09. The van der Waals surface area contributed by atoms with Crippen molar-refractivity contribution >= 4 is 17.9 Å². The number of hydrogen-bond acceptors (Lipinski definition) is 3. The number of nitrogens with one attached hydrogen (secondary N) is 1. The normalized spacial score (nSPS) is 28.9. The van der Waals surface area contributed by atoms with Gasteiger partial charge in [-0.3, -0.25) is 9.59 Å². The van der Waals surface area contributed by atoms with Crippen molar-refractivity contribution in [2.75, 3.05) is 0 Å². The van der Waals surface area contributed by atoms with Crippen LogP contribution in [0.3, 0.4) is 0 Å².